The number of nitrogens with one attached hydrogen (secondary N) is 1. The van der Waals surface area contributed by atoms with Crippen molar-refractivity contribution in [2.75, 3.05) is 6.54 Å². The van der Waals surface area contributed by atoms with Gasteiger partial charge in [0.1, 0.15) is 0 Å². The fraction of sp³-hybridized carbons (Fsp3) is 0.357. The molecule has 1 aliphatic heterocycles. The number of halogens is 1. The Morgan fingerprint density at radius 3 is 2.67 bits per heavy atom. The molecule has 0 radical (unpaired) electrons. The first-order chi connectivity index (χ1) is 8.83. The normalized spacial score (nSPS) is 19.9. The lowest BCUT2D eigenvalue weighted by Gasteiger charge is -2.23. The van der Waals surface area contributed by atoms with E-state index in [4.69, 9.17) is 11.6 Å². The van der Waals surface area contributed by atoms with Crippen LogP contribution in [0.3, 0.4) is 0 Å². The predicted octanol–water partition coefficient (Wildman–Crippen LogP) is 3.34. The highest BCUT2D eigenvalue weighted by molar-refractivity contribution is 6.30. The fourth-order valence-corrected chi connectivity index (χ4v) is 2.57. The lowest BCUT2D eigenvalue weighted by molar-refractivity contribution is 0.412. The van der Waals surface area contributed by atoms with Gasteiger partial charge < -0.3 is 5.32 Å². The highest BCUT2D eigenvalue weighted by Gasteiger charge is 2.14. The van der Waals surface area contributed by atoms with Crippen LogP contribution in [0.25, 0.3) is 5.69 Å². The van der Waals surface area contributed by atoms with Gasteiger partial charge in [-0.05, 0) is 37.1 Å². The number of piperidine rings is 1. The Hall–Kier alpha value is -1.32. The molecule has 94 valence electrons. The van der Waals surface area contributed by atoms with Gasteiger partial charge in [-0.25, -0.2) is 4.68 Å². The third kappa shape index (κ3) is 2.42. The van der Waals surface area contributed by atoms with Gasteiger partial charge >= 0.3 is 0 Å². The minimum atomic E-state index is 0.508. The van der Waals surface area contributed by atoms with Crippen LogP contribution >= 0.6 is 11.6 Å². The summed E-state index contributed by atoms with van der Waals surface area (Å²) in [5.74, 6) is 0. The van der Waals surface area contributed by atoms with Crippen molar-refractivity contribution in [2.24, 2.45) is 0 Å². The molecule has 4 heteroatoms. The molecule has 0 aliphatic carbocycles. The third-order valence-electron chi connectivity index (χ3n) is 3.42. The molecule has 3 nitrogen and oxygen atoms in total. The number of nitrogens with zero attached hydrogens (tertiary/aromatic N) is 2. The van der Waals surface area contributed by atoms with Crippen LogP contribution in [0.5, 0.6) is 0 Å². The van der Waals surface area contributed by atoms with Crippen LogP contribution in [0.1, 0.15) is 30.9 Å². The quantitative estimate of drug-likeness (QED) is 0.899. The van der Waals surface area contributed by atoms with Gasteiger partial charge in [0, 0.05) is 12.2 Å². The smallest absolute Gasteiger partial charge is 0.0790 e. The van der Waals surface area contributed by atoms with E-state index in [0.717, 1.165) is 12.2 Å². The summed E-state index contributed by atoms with van der Waals surface area (Å²) in [6, 6.07) is 9.04. The second-order valence-electron chi connectivity index (χ2n) is 4.70. The van der Waals surface area contributed by atoms with Crippen LogP contribution in [0, 0.1) is 0 Å². The van der Waals surface area contributed by atoms with E-state index >= 15 is 0 Å². The lowest BCUT2D eigenvalue weighted by Crippen LogP contribution is -2.26. The van der Waals surface area contributed by atoms with E-state index in [1.807, 2.05) is 6.20 Å². The molecule has 0 spiro atoms. The van der Waals surface area contributed by atoms with Crippen molar-refractivity contribution in [1.82, 2.24) is 15.1 Å². The first-order valence-electron chi connectivity index (χ1n) is 6.37. The Bertz CT molecular complexity index is 512. The molecule has 18 heavy (non-hydrogen) atoms. The molecule has 1 atom stereocenters. The fourth-order valence-electron chi connectivity index (χ4n) is 2.44. The molecular weight excluding hydrogens is 246 g/mol. The third-order valence-corrected chi connectivity index (χ3v) is 3.62. The van der Waals surface area contributed by atoms with Crippen molar-refractivity contribution in [1.29, 1.82) is 0 Å². The summed E-state index contributed by atoms with van der Waals surface area (Å²) in [6.07, 6.45) is 7.30. The zero-order valence-corrected chi connectivity index (χ0v) is 10.9. The minimum Gasteiger partial charge on any atom is -0.310 e. The van der Waals surface area contributed by atoms with Crippen molar-refractivity contribution >= 4 is 11.6 Å². The lowest BCUT2D eigenvalue weighted by atomic mass is 9.97. The molecule has 1 aliphatic rings. The monoisotopic (exact) mass is 261 g/mol. The van der Waals surface area contributed by atoms with E-state index < -0.39 is 0 Å². The molecule has 1 aromatic heterocycles. The van der Waals surface area contributed by atoms with Gasteiger partial charge in [-0.3, -0.25) is 0 Å². The molecule has 0 bridgehead atoms. The van der Waals surface area contributed by atoms with Crippen molar-refractivity contribution < 1.29 is 0 Å². The highest BCUT2D eigenvalue weighted by Crippen LogP contribution is 2.23. The van der Waals surface area contributed by atoms with Gasteiger partial charge in [0.15, 0.2) is 0 Å². The molecule has 2 aromatic rings. The van der Waals surface area contributed by atoms with E-state index in [9.17, 15) is 0 Å². The van der Waals surface area contributed by atoms with Crippen LogP contribution in [0.4, 0.5) is 0 Å². The Balaban J connectivity index is 1.80. The van der Waals surface area contributed by atoms with Crippen LogP contribution in [-0.4, -0.2) is 16.3 Å². The summed E-state index contributed by atoms with van der Waals surface area (Å²) in [6.45, 7) is 1.13. The maximum absolute atomic E-state index is 5.87. The number of benzene rings is 1. The van der Waals surface area contributed by atoms with E-state index in [1.54, 1.807) is 10.9 Å². The van der Waals surface area contributed by atoms with Crippen LogP contribution < -0.4 is 5.32 Å². The summed E-state index contributed by atoms with van der Waals surface area (Å²) < 4.78 is 1.79. The molecule has 1 aromatic carbocycles. The molecule has 1 fully saturated rings. The van der Waals surface area contributed by atoms with Gasteiger partial charge in [0.05, 0.1) is 16.9 Å². The van der Waals surface area contributed by atoms with Crippen LogP contribution in [0.2, 0.25) is 5.02 Å². The van der Waals surface area contributed by atoms with Crippen molar-refractivity contribution in [2.45, 2.75) is 25.3 Å². The Morgan fingerprint density at radius 1 is 1.22 bits per heavy atom. The summed E-state index contributed by atoms with van der Waals surface area (Å²) >= 11 is 5.87. The van der Waals surface area contributed by atoms with Crippen molar-refractivity contribution in [3.63, 3.8) is 0 Å². The molecule has 1 N–H and O–H groups in total. The number of hydrogen-bond donors (Lipinski definition) is 1. The first kappa shape index (κ1) is 11.8. The topological polar surface area (TPSA) is 29.9 Å². The van der Waals surface area contributed by atoms with Gasteiger partial charge in [-0.1, -0.05) is 30.2 Å². The van der Waals surface area contributed by atoms with E-state index in [2.05, 4.69) is 34.7 Å². The minimum absolute atomic E-state index is 0.508. The largest absolute Gasteiger partial charge is 0.310 e. The Labute approximate surface area is 112 Å². The molecule has 2 heterocycles. The summed E-state index contributed by atoms with van der Waals surface area (Å²) in [7, 11) is 0. The van der Waals surface area contributed by atoms with Gasteiger partial charge in [-0.2, -0.15) is 5.10 Å². The van der Waals surface area contributed by atoms with Crippen molar-refractivity contribution in [3.8, 4) is 5.69 Å². The zero-order valence-electron chi connectivity index (χ0n) is 10.1. The van der Waals surface area contributed by atoms with Gasteiger partial charge in [-0.15, -0.1) is 0 Å². The Kier molecular flexibility index (Phi) is 3.35. The molecule has 0 saturated carbocycles. The summed E-state index contributed by atoms with van der Waals surface area (Å²) in [5, 5.41) is 8.41. The average molecular weight is 262 g/mol. The average Bonchev–Trinajstić information content (AvgIpc) is 2.87. The second kappa shape index (κ2) is 5.12. The van der Waals surface area contributed by atoms with Crippen molar-refractivity contribution in [3.05, 3.63) is 47.2 Å². The van der Waals surface area contributed by atoms with Gasteiger partial charge in [0.2, 0.25) is 0 Å². The second-order valence-corrected chi connectivity index (χ2v) is 5.13. The highest BCUT2D eigenvalue weighted by atomic mass is 35.5. The maximum atomic E-state index is 5.87. The SMILES string of the molecule is Clc1cnn(-c2ccc(C3CCCCN3)cc2)c1. The molecule has 3 rings (SSSR count). The maximum Gasteiger partial charge on any atom is 0.0790 e. The van der Waals surface area contributed by atoms with E-state index in [0.29, 0.717) is 11.1 Å². The van der Waals surface area contributed by atoms with Crippen LogP contribution in [-0.2, 0) is 0 Å². The standard InChI is InChI=1S/C14H16ClN3/c15-12-9-17-18(10-12)13-6-4-11(5-7-13)14-3-1-2-8-16-14/h4-7,9-10,14,16H,1-3,8H2. The number of aromatic nitrogens is 2. The van der Waals surface area contributed by atoms with Crippen LogP contribution in [0.15, 0.2) is 36.7 Å². The molecule has 0 amide bonds. The summed E-state index contributed by atoms with van der Waals surface area (Å²) in [4.78, 5) is 0. The van der Waals surface area contributed by atoms with E-state index in [-0.39, 0.29) is 0 Å². The molecule has 1 unspecified atom stereocenters. The molecular formula is C14H16ClN3. The zero-order chi connectivity index (χ0) is 12.4. The van der Waals surface area contributed by atoms with Gasteiger partial charge in [0.25, 0.3) is 0 Å². The predicted molar refractivity (Wildman–Crippen MR) is 73.2 cm³/mol. The summed E-state index contributed by atoms with van der Waals surface area (Å²) in [5.41, 5.74) is 2.40. The number of hydrogen-bond acceptors (Lipinski definition) is 2. The number of rotatable bonds is 2. The first-order valence-corrected chi connectivity index (χ1v) is 6.74. The molecule has 1 saturated heterocycles. The Morgan fingerprint density at radius 2 is 2.06 bits per heavy atom. The van der Waals surface area contributed by atoms with E-state index in [1.165, 1.54) is 24.8 Å².